The fourth-order valence-electron chi connectivity index (χ4n) is 2.95. The van der Waals surface area contributed by atoms with E-state index in [4.69, 9.17) is 21.3 Å². The topological polar surface area (TPSA) is 111 Å². The number of rotatable bonds is 4. The molecule has 6 heteroatoms. The van der Waals surface area contributed by atoms with E-state index >= 15 is 0 Å². The average Bonchev–Trinajstić information content (AvgIpc) is 3.01. The van der Waals surface area contributed by atoms with Crippen molar-refractivity contribution >= 4 is 17.7 Å². The minimum absolute atomic E-state index is 0.0289. The van der Waals surface area contributed by atoms with Crippen LogP contribution < -0.4 is 11.5 Å². The first-order valence-corrected chi connectivity index (χ1v) is 8.58. The highest BCUT2D eigenvalue weighted by Gasteiger charge is 2.19. The van der Waals surface area contributed by atoms with Gasteiger partial charge in [0, 0.05) is 5.69 Å². The zero-order valence-electron chi connectivity index (χ0n) is 14.0. The number of amidine groups is 1. The van der Waals surface area contributed by atoms with Gasteiger partial charge in [-0.2, -0.15) is 0 Å². The molecule has 0 bridgehead atoms. The van der Waals surface area contributed by atoms with Crippen LogP contribution in [0.3, 0.4) is 0 Å². The molecule has 2 aliphatic rings. The molecule has 1 aliphatic carbocycles. The molecule has 1 atom stereocenters. The molecule has 0 unspecified atom stereocenters. The van der Waals surface area contributed by atoms with Crippen molar-refractivity contribution in [1.29, 1.82) is 0 Å². The summed E-state index contributed by atoms with van der Waals surface area (Å²) >= 11 is 0. The first kappa shape index (κ1) is 18.1. The van der Waals surface area contributed by atoms with Gasteiger partial charge in [0.2, 0.25) is 0 Å². The monoisotopic (exact) mass is 333 g/mol. The third-order valence-corrected chi connectivity index (χ3v) is 4.43. The second kappa shape index (κ2) is 9.15. The number of ether oxygens (including phenoxy) is 1. The highest BCUT2D eigenvalue weighted by molar-refractivity contribution is 5.73. The molecule has 0 aromatic heterocycles. The van der Waals surface area contributed by atoms with Crippen LogP contribution in [0.4, 0.5) is 5.69 Å². The molecule has 0 spiro atoms. The minimum Gasteiger partial charge on any atom is -0.481 e. The van der Waals surface area contributed by atoms with Crippen molar-refractivity contribution in [2.24, 2.45) is 16.6 Å². The molecule has 24 heavy (non-hydrogen) atoms. The van der Waals surface area contributed by atoms with Gasteiger partial charge in [0.25, 0.3) is 6.02 Å². The predicted molar refractivity (Wildman–Crippen MR) is 94.7 cm³/mol. The average molecular weight is 333 g/mol. The van der Waals surface area contributed by atoms with E-state index in [1.165, 1.54) is 12.0 Å². The number of benzene rings is 1. The Kier molecular flexibility index (Phi) is 6.90. The van der Waals surface area contributed by atoms with E-state index in [1.54, 1.807) is 0 Å². The summed E-state index contributed by atoms with van der Waals surface area (Å²) in [5, 5.41) is 8.54. The van der Waals surface area contributed by atoms with E-state index < -0.39 is 5.97 Å². The number of anilines is 1. The molecule has 0 radical (unpaired) electrons. The second-order valence-electron chi connectivity index (χ2n) is 6.39. The molecule has 0 saturated heterocycles. The molecule has 6 nitrogen and oxygen atoms in total. The number of carboxylic acids is 1. The smallest absolute Gasteiger partial charge is 0.306 e. The van der Waals surface area contributed by atoms with Crippen molar-refractivity contribution in [3.8, 4) is 0 Å². The van der Waals surface area contributed by atoms with Gasteiger partial charge in [-0.05, 0) is 43.4 Å². The highest BCUT2D eigenvalue weighted by atomic mass is 16.5. The molecule has 1 aromatic rings. The van der Waals surface area contributed by atoms with Gasteiger partial charge in [-0.15, -0.1) is 0 Å². The van der Waals surface area contributed by atoms with Crippen molar-refractivity contribution in [3.63, 3.8) is 0 Å². The number of nitrogen functional groups attached to an aromatic ring is 1. The van der Waals surface area contributed by atoms with Crippen LogP contribution in [0.1, 0.15) is 44.1 Å². The van der Waals surface area contributed by atoms with E-state index in [9.17, 15) is 4.79 Å². The van der Waals surface area contributed by atoms with Gasteiger partial charge in [0.1, 0.15) is 6.61 Å². The summed E-state index contributed by atoms with van der Waals surface area (Å²) < 4.78 is 5.08. The number of nitrogens with zero attached hydrogens (tertiary/aromatic N) is 1. The Morgan fingerprint density at radius 3 is 2.33 bits per heavy atom. The van der Waals surface area contributed by atoms with Crippen LogP contribution in [0, 0.1) is 5.92 Å². The van der Waals surface area contributed by atoms with Gasteiger partial charge < -0.3 is 21.3 Å². The summed E-state index contributed by atoms with van der Waals surface area (Å²) in [6, 6.07) is 8.44. The number of carbonyl (C=O) groups is 1. The van der Waals surface area contributed by atoms with Gasteiger partial charge in [-0.1, -0.05) is 31.4 Å². The van der Waals surface area contributed by atoms with Crippen molar-refractivity contribution < 1.29 is 14.6 Å². The third-order valence-electron chi connectivity index (χ3n) is 4.43. The second-order valence-corrected chi connectivity index (χ2v) is 6.39. The fraction of sp³-hybridized carbons (Fsp3) is 0.556. The molecule has 1 saturated carbocycles. The summed E-state index contributed by atoms with van der Waals surface area (Å²) in [4.78, 5) is 14.5. The van der Waals surface area contributed by atoms with E-state index in [1.807, 2.05) is 24.3 Å². The molecule has 1 fully saturated rings. The van der Waals surface area contributed by atoms with Crippen molar-refractivity contribution in [1.82, 2.24) is 0 Å². The predicted octanol–water partition coefficient (Wildman–Crippen LogP) is 2.57. The number of aliphatic carboxylic acids is 1. The quantitative estimate of drug-likeness (QED) is 0.733. The van der Waals surface area contributed by atoms with E-state index in [0.29, 0.717) is 12.6 Å². The minimum atomic E-state index is -0.602. The van der Waals surface area contributed by atoms with Crippen LogP contribution in [0.2, 0.25) is 0 Å². The number of aryl methyl sites for hydroxylation is 1. The molecule has 5 N–H and O–H groups in total. The number of carboxylic acid groups (broad SMARTS) is 1. The zero-order valence-corrected chi connectivity index (χ0v) is 14.0. The van der Waals surface area contributed by atoms with Crippen LogP contribution in [-0.2, 0) is 16.0 Å². The lowest BCUT2D eigenvalue weighted by molar-refractivity contribution is -0.142. The van der Waals surface area contributed by atoms with Gasteiger partial charge in [0.15, 0.2) is 0 Å². The fourth-order valence-corrected chi connectivity index (χ4v) is 2.95. The van der Waals surface area contributed by atoms with Gasteiger partial charge >= 0.3 is 5.97 Å². The number of aliphatic imine (C=N–C) groups is 1. The third kappa shape index (κ3) is 6.10. The van der Waals surface area contributed by atoms with Gasteiger partial charge in [-0.3, -0.25) is 4.79 Å². The number of hydrogen-bond donors (Lipinski definition) is 3. The SMILES string of the molecule is NC1=N[C@@H](CCc2ccc(N)cc2)CO1.O=C(O)C1CCCCC1. The first-order valence-electron chi connectivity index (χ1n) is 8.58. The Balaban J connectivity index is 0.000000198. The first-order chi connectivity index (χ1) is 11.5. The van der Waals surface area contributed by atoms with Crippen LogP contribution in [0.15, 0.2) is 29.3 Å². The maximum Gasteiger partial charge on any atom is 0.306 e. The Hall–Kier alpha value is -2.24. The largest absolute Gasteiger partial charge is 0.481 e. The Morgan fingerprint density at radius 2 is 1.83 bits per heavy atom. The van der Waals surface area contributed by atoms with Crippen LogP contribution in [0.25, 0.3) is 0 Å². The molecule has 132 valence electrons. The molecule has 1 aromatic carbocycles. The van der Waals surface area contributed by atoms with Gasteiger partial charge in [0.05, 0.1) is 12.0 Å². The maximum absolute atomic E-state index is 10.4. The molecule has 1 heterocycles. The Morgan fingerprint density at radius 1 is 1.17 bits per heavy atom. The van der Waals surface area contributed by atoms with E-state index in [2.05, 4.69) is 4.99 Å². The van der Waals surface area contributed by atoms with Crippen LogP contribution in [0.5, 0.6) is 0 Å². The summed E-state index contributed by atoms with van der Waals surface area (Å²) in [5.74, 6) is -0.631. The standard InChI is InChI=1S/C11H15N3O.C7H12O2/c12-9-4-1-8(2-5-9)3-6-10-7-15-11(13)14-10;8-7(9)6-4-2-1-3-5-6/h1-2,4-5,10H,3,6-7,12H2,(H2,13,14);6H,1-5H2,(H,8,9)/t10-;/m0./s1. The maximum atomic E-state index is 10.4. The molecule has 0 amide bonds. The molecule has 3 rings (SSSR count). The Bertz CT molecular complexity index is 551. The lowest BCUT2D eigenvalue weighted by Gasteiger charge is -2.16. The van der Waals surface area contributed by atoms with Crippen molar-refractivity contribution in [2.45, 2.75) is 51.0 Å². The summed E-state index contributed by atoms with van der Waals surface area (Å²) in [7, 11) is 0. The van der Waals surface area contributed by atoms with E-state index in [-0.39, 0.29) is 12.0 Å². The summed E-state index contributed by atoms with van der Waals surface area (Å²) in [6.07, 6.45) is 7.18. The van der Waals surface area contributed by atoms with E-state index in [0.717, 1.165) is 44.2 Å². The molecular weight excluding hydrogens is 306 g/mol. The van der Waals surface area contributed by atoms with Crippen LogP contribution >= 0.6 is 0 Å². The van der Waals surface area contributed by atoms with Crippen LogP contribution in [-0.4, -0.2) is 29.7 Å². The normalized spacial score (nSPS) is 20.5. The zero-order chi connectivity index (χ0) is 17.4. The van der Waals surface area contributed by atoms with Crippen molar-refractivity contribution in [2.75, 3.05) is 12.3 Å². The lowest BCUT2D eigenvalue weighted by Crippen LogP contribution is -2.16. The Labute approximate surface area is 142 Å². The molecular formula is C18H27N3O3. The van der Waals surface area contributed by atoms with Crippen molar-refractivity contribution in [3.05, 3.63) is 29.8 Å². The summed E-state index contributed by atoms with van der Waals surface area (Å²) in [6.45, 7) is 0.612. The molecule has 1 aliphatic heterocycles. The highest BCUT2D eigenvalue weighted by Crippen LogP contribution is 2.23. The lowest BCUT2D eigenvalue weighted by atomic mass is 9.90. The summed E-state index contributed by atoms with van der Waals surface area (Å²) in [5.41, 5.74) is 13.1. The number of hydrogen-bond acceptors (Lipinski definition) is 5. The van der Waals surface area contributed by atoms with Gasteiger partial charge in [-0.25, -0.2) is 4.99 Å². The number of nitrogens with two attached hydrogens (primary N) is 2.